The molecular weight excluding hydrogens is 172 g/mol. The number of carbonyl (C=O) groups is 2. The molecule has 0 aromatic heterocycles. The second-order valence-electron chi connectivity index (χ2n) is 3.39. The Bertz CT molecular complexity index is 229. The fourth-order valence-electron chi connectivity index (χ4n) is 1.43. The fourth-order valence-corrected chi connectivity index (χ4v) is 1.43. The minimum atomic E-state index is -0.713. The second-order valence-corrected chi connectivity index (χ2v) is 3.39. The number of piperidine rings is 1. The van der Waals surface area contributed by atoms with Crippen LogP contribution in [-0.2, 0) is 14.3 Å². The molecule has 1 aliphatic rings. The van der Waals surface area contributed by atoms with E-state index in [0.717, 1.165) is 0 Å². The maximum absolute atomic E-state index is 11.0. The number of nitrogens with two attached hydrogens (primary N) is 1. The molecule has 0 bridgehead atoms. The van der Waals surface area contributed by atoms with Crippen LogP contribution in [0.4, 0.5) is 0 Å². The maximum Gasteiger partial charge on any atom is 0.307 e. The van der Waals surface area contributed by atoms with Crippen LogP contribution in [0, 0.1) is 0 Å². The lowest BCUT2D eigenvalue weighted by Gasteiger charge is -2.31. The predicted molar refractivity (Wildman–Crippen MR) is 45.8 cm³/mol. The average molecular weight is 186 g/mol. The Morgan fingerprint density at radius 1 is 1.77 bits per heavy atom. The predicted octanol–water partition coefficient (Wildman–Crippen LogP) is -0.843. The Morgan fingerprint density at radius 3 is 3.00 bits per heavy atom. The number of hydrogen-bond donors (Lipinski definition) is 2. The van der Waals surface area contributed by atoms with Crippen molar-refractivity contribution < 1.29 is 14.3 Å². The molecule has 5 heteroatoms. The molecule has 1 fully saturated rings. The van der Waals surface area contributed by atoms with Crippen molar-refractivity contribution in [2.75, 3.05) is 13.7 Å². The van der Waals surface area contributed by atoms with Crippen LogP contribution in [0.5, 0.6) is 0 Å². The van der Waals surface area contributed by atoms with Gasteiger partial charge in [0.05, 0.1) is 13.5 Å². The minimum Gasteiger partial charge on any atom is -0.469 e. The first-order valence-corrected chi connectivity index (χ1v) is 4.18. The normalized spacial score (nSPS) is 28.0. The van der Waals surface area contributed by atoms with Crippen molar-refractivity contribution >= 4 is 11.9 Å². The first-order chi connectivity index (χ1) is 6.06. The summed E-state index contributed by atoms with van der Waals surface area (Å²) in [4.78, 5) is 22.0. The third-order valence-electron chi connectivity index (χ3n) is 2.18. The number of carbonyl (C=O) groups excluding carboxylic acids is 2. The zero-order valence-corrected chi connectivity index (χ0v) is 7.63. The number of nitrogens with one attached hydrogen (secondary N) is 1. The molecule has 0 radical (unpaired) electrons. The molecular formula is C8H14N2O3. The van der Waals surface area contributed by atoms with Gasteiger partial charge in [-0.2, -0.15) is 0 Å². The van der Waals surface area contributed by atoms with Crippen LogP contribution in [0.1, 0.15) is 19.3 Å². The quantitative estimate of drug-likeness (QED) is 0.551. The molecule has 5 nitrogen and oxygen atoms in total. The highest BCUT2D eigenvalue weighted by atomic mass is 16.5. The van der Waals surface area contributed by atoms with Gasteiger partial charge in [-0.3, -0.25) is 9.59 Å². The summed E-state index contributed by atoms with van der Waals surface area (Å²) in [6.45, 7) is 0.534. The topological polar surface area (TPSA) is 81.4 Å². The third-order valence-corrected chi connectivity index (χ3v) is 2.18. The number of amides is 1. The standard InChI is InChI=1S/C8H14N2O3/c1-13-7(12)5-8(9)2-3-10-6(11)4-8/h2-5,9H2,1H3,(H,10,11). The van der Waals surface area contributed by atoms with Gasteiger partial charge in [0.1, 0.15) is 0 Å². The van der Waals surface area contributed by atoms with E-state index in [0.29, 0.717) is 13.0 Å². The molecule has 0 saturated carbocycles. The van der Waals surface area contributed by atoms with Gasteiger partial charge in [0.25, 0.3) is 0 Å². The van der Waals surface area contributed by atoms with Gasteiger partial charge in [-0.1, -0.05) is 0 Å². The second kappa shape index (κ2) is 3.74. The summed E-state index contributed by atoms with van der Waals surface area (Å²) in [5.74, 6) is -0.463. The summed E-state index contributed by atoms with van der Waals surface area (Å²) in [5, 5.41) is 2.66. The molecule has 74 valence electrons. The van der Waals surface area contributed by atoms with Crippen LogP contribution >= 0.6 is 0 Å². The van der Waals surface area contributed by atoms with E-state index in [4.69, 9.17) is 5.73 Å². The molecule has 0 spiro atoms. The SMILES string of the molecule is COC(=O)CC1(N)CCNC(=O)C1. The van der Waals surface area contributed by atoms with Crippen molar-refractivity contribution in [3.05, 3.63) is 0 Å². The molecule has 1 unspecified atom stereocenters. The number of ether oxygens (including phenoxy) is 1. The van der Waals surface area contributed by atoms with Crippen molar-refractivity contribution in [2.24, 2.45) is 5.73 Å². The number of esters is 1. The lowest BCUT2D eigenvalue weighted by atomic mass is 9.86. The largest absolute Gasteiger partial charge is 0.469 e. The molecule has 0 aliphatic carbocycles. The van der Waals surface area contributed by atoms with Gasteiger partial charge in [0.15, 0.2) is 0 Å². The van der Waals surface area contributed by atoms with E-state index in [1.165, 1.54) is 7.11 Å². The van der Waals surface area contributed by atoms with Gasteiger partial charge in [0, 0.05) is 18.5 Å². The highest BCUT2D eigenvalue weighted by Crippen LogP contribution is 2.19. The van der Waals surface area contributed by atoms with Crippen LogP contribution in [0.15, 0.2) is 0 Å². The highest BCUT2D eigenvalue weighted by molar-refractivity contribution is 5.80. The summed E-state index contributed by atoms with van der Waals surface area (Å²) < 4.78 is 4.50. The van der Waals surface area contributed by atoms with Crippen molar-refractivity contribution in [2.45, 2.75) is 24.8 Å². The van der Waals surface area contributed by atoms with Crippen molar-refractivity contribution in [3.8, 4) is 0 Å². The Hall–Kier alpha value is -1.10. The summed E-state index contributed by atoms with van der Waals surface area (Å²) in [6.07, 6.45) is 0.923. The molecule has 1 rings (SSSR count). The van der Waals surface area contributed by atoms with E-state index in [9.17, 15) is 9.59 Å². The van der Waals surface area contributed by atoms with Gasteiger partial charge in [-0.25, -0.2) is 0 Å². The third kappa shape index (κ3) is 2.69. The molecule has 13 heavy (non-hydrogen) atoms. The zero-order valence-electron chi connectivity index (χ0n) is 7.63. The number of hydrogen-bond acceptors (Lipinski definition) is 4. The first kappa shape index (κ1) is 9.98. The molecule has 1 saturated heterocycles. The van der Waals surface area contributed by atoms with Gasteiger partial charge in [-0.15, -0.1) is 0 Å². The fraction of sp³-hybridized carbons (Fsp3) is 0.750. The van der Waals surface area contributed by atoms with Crippen molar-refractivity contribution in [3.63, 3.8) is 0 Å². The lowest BCUT2D eigenvalue weighted by Crippen LogP contribution is -2.52. The zero-order chi connectivity index (χ0) is 9.90. The van der Waals surface area contributed by atoms with Gasteiger partial charge >= 0.3 is 5.97 Å². The molecule has 0 aromatic rings. The van der Waals surface area contributed by atoms with Crippen LogP contribution in [0.2, 0.25) is 0 Å². The molecule has 3 N–H and O–H groups in total. The van der Waals surface area contributed by atoms with Gasteiger partial charge in [-0.05, 0) is 6.42 Å². The van der Waals surface area contributed by atoms with Gasteiger partial charge < -0.3 is 15.8 Å². The maximum atomic E-state index is 11.0. The summed E-state index contributed by atoms with van der Waals surface area (Å²) in [6, 6.07) is 0. The molecule has 0 aromatic carbocycles. The molecule has 1 aliphatic heterocycles. The molecule has 1 amide bonds. The summed E-state index contributed by atoms with van der Waals surface area (Å²) in [7, 11) is 1.31. The van der Waals surface area contributed by atoms with Crippen LogP contribution in [-0.4, -0.2) is 31.1 Å². The van der Waals surface area contributed by atoms with E-state index in [1.54, 1.807) is 0 Å². The molecule has 1 atom stereocenters. The van der Waals surface area contributed by atoms with Crippen LogP contribution in [0.3, 0.4) is 0 Å². The Morgan fingerprint density at radius 2 is 2.46 bits per heavy atom. The van der Waals surface area contributed by atoms with Crippen molar-refractivity contribution in [1.29, 1.82) is 0 Å². The smallest absolute Gasteiger partial charge is 0.307 e. The lowest BCUT2D eigenvalue weighted by molar-refractivity contribution is -0.142. The highest BCUT2D eigenvalue weighted by Gasteiger charge is 2.34. The van der Waals surface area contributed by atoms with Crippen LogP contribution in [0.25, 0.3) is 0 Å². The Labute approximate surface area is 76.6 Å². The van der Waals surface area contributed by atoms with Gasteiger partial charge in [0.2, 0.25) is 5.91 Å². The minimum absolute atomic E-state index is 0.0994. The monoisotopic (exact) mass is 186 g/mol. The first-order valence-electron chi connectivity index (χ1n) is 4.18. The Balaban J connectivity index is 2.53. The summed E-state index contributed by atoms with van der Waals surface area (Å²) >= 11 is 0. The molecule has 1 heterocycles. The summed E-state index contributed by atoms with van der Waals surface area (Å²) in [5.41, 5.74) is 5.15. The van der Waals surface area contributed by atoms with E-state index in [-0.39, 0.29) is 24.7 Å². The van der Waals surface area contributed by atoms with Crippen LogP contribution < -0.4 is 11.1 Å². The van der Waals surface area contributed by atoms with E-state index in [2.05, 4.69) is 10.1 Å². The Kier molecular flexibility index (Phi) is 2.87. The van der Waals surface area contributed by atoms with E-state index >= 15 is 0 Å². The number of methoxy groups -OCH3 is 1. The van der Waals surface area contributed by atoms with E-state index in [1.807, 2.05) is 0 Å². The van der Waals surface area contributed by atoms with E-state index < -0.39 is 5.54 Å². The number of rotatable bonds is 2. The average Bonchev–Trinajstić information content (AvgIpc) is 2.02. The van der Waals surface area contributed by atoms with Crippen molar-refractivity contribution in [1.82, 2.24) is 5.32 Å².